The third-order valence-corrected chi connectivity index (χ3v) is 5.63. The molecule has 0 aromatic heterocycles. The lowest BCUT2D eigenvalue weighted by Gasteiger charge is -2.23. The van der Waals surface area contributed by atoms with Crippen molar-refractivity contribution in [2.24, 2.45) is 0 Å². The van der Waals surface area contributed by atoms with Gasteiger partial charge >= 0.3 is 6.03 Å². The van der Waals surface area contributed by atoms with Crippen LogP contribution in [0.5, 0.6) is 0 Å². The second-order valence-electron chi connectivity index (χ2n) is 6.80. The van der Waals surface area contributed by atoms with Gasteiger partial charge in [-0.1, -0.05) is 29.3 Å². The maximum Gasteiger partial charge on any atom is 0.325 e. The Balaban J connectivity index is 1.78. The number of halogens is 2. The van der Waals surface area contributed by atoms with Gasteiger partial charge in [0.25, 0.3) is 11.6 Å². The first-order valence-corrected chi connectivity index (χ1v) is 9.41. The van der Waals surface area contributed by atoms with Gasteiger partial charge in [-0.3, -0.25) is 24.6 Å². The van der Waals surface area contributed by atoms with Gasteiger partial charge in [0.15, 0.2) is 0 Å². The largest absolute Gasteiger partial charge is 0.325 e. The fraction of sp³-hybridized carbons (Fsp3) is 0.211. The molecule has 2 aromatic rings. The zero-order valence-corrected chi connectivity index (χ0v) is 17.4. The molecule has 1 N–H and O–H groups in total. The Bertz CT molecular complexity index is 1060. The molecular weight excluding hydrogens is 435 g/mol. The summed E-state index contributed by atoms with van der Waals surface area (Å²) >= 11 is 11.9. The highest BCUT2D eigenvalue weighted by Gasteiger charge is 2.49. The predicted molar refractivity (Wildman–Crippen MR) is 111 cm³/mol. The zero-order chi connectivity index (χ0) is 22.2. The number of carbonyl (C=O) groups excluding carboxylic acids is 3. The normalized spacial score (nSPS) is 18.3. The lowest BCUT2D eigenvalue weighted by molar-refractivity contribution is -0.384. The Morgan fingerprint density at radius 1 is 1.17 bits per heavy atom. The minimum absolute atomic E-state index is 0.119. The van der Waals surface area contributed by atoms with Gasteiger partial charge in [0.1, 0.15) is 12.1 Å². The molecule has 1 saturated heterocycles. The standard InChI is InChI=1S/C19H16Cl2N4O5/c1-19(11-3-8-14(20)15(21)9-11)17(27)24(18(28)22-19)10-16(26)23(2)12-4-6-13(7-5-12)25(29)30/h3-9H,10H2,1-2H3,(H,22,28). The fourth-order valence-corrected chi connectivity index (χ4v) is 3.32. The number of benzene rings is 2. The van der Waals surface area contributed by atoms with Crippen LogP contribution in [0.25, 0.3) is 0 Å². The highest BCUT2D eigenvalue weighted by atomic mass is 35.5. The number of rotatable bonds is 5. The number of likely N-dealkylation sites (N-methyl/N-ethyl adjacent to an activating group) is 1. The van der Waals surface area contributed by atoms with E-state index in [1.54, 1.807) is 6.07 Å². The number of nitro groups is 1. The number of amides is 4. The Morgan fingerprint density at radius 3 is 2.37 bits per heavy atom. The number of carbonyl (C=O) groups is 3. The summed E-state index contributed by atoms with van der Waals surface area (Å²) in [6.07, 6.45) is 0. The van der Waals surface area contributed by atoms with E-state index in [0.29, 0.717) is 16.3 Å². The zero-order valence-electron chi connectivity index (χ0n) is 15.9. The van der Waals surface area contributed by atoms with Crippen molar-refractivity contribution in [1.82, 2.24) is 10.2 Å². The van der Waals surface area contributed by atoms with Crippen molar-refractivity contribution in [3.63, 3.8) is 0 Å². The summed E-state index contributed by atoms with van der Waals surface area (Å²) in [6.45, 7) is 1.01. The number of hydrogen-bond donors (Lipinski definition) is 1. The van der Waals surface area contributed by atoms with Crippen LogP contribution in [0, 0.1) is 10.1 Å². The van der Waals surface area contributed by atoms with Gasteiger partial charge in [-0.25, -0.2) is 4.79 Å². The Hall–Kier alpha value is -3.17. The van der Waals surface area contributed by atoms with Crippen molar-refractivity contribution in [3.8, 4) is 0 Å². The number of nitrogens with one attached hydrogen (secondary N) is 1. The molecule has 0 saturated carbocycles. The van der Waals surface area contributed by atoms with Crippen LogP contribution in [0.3, 0.4) is 0 Å². The molecule has 1 unspecified atom stereocenters. The number of nitro benzene ring substituents is 1. The van der Waals surface area contributed by atoms with Crippen LogP contribution in [-0.4, -0.2) is 41.3 Å². The Morgan fingerprint density at radius 2 is 1.80 bits per heavy atom. The van der Waals surface area contributed by atoms with Crippen molar-refractivity contribution in [3.05, 3.63) is 68.2 Å². The van der Waals surface area contributed by atoms with Crippen molar-refractivity contribution >= 4 is 52.4 Å². The average Bonchev–Trinajstić information content (AvgIpc) is 2.93. The van der Waals surface area contributed by atoms with Crippen molar-refractivity contribution < 1.29 is 19.3 Å². The van der Waals surface area contributed by atoms with Crippen molar-refractivity contribution in [2.45, 2.75) is 12.5 Å². The van der Waals surface area contributed by atoms with Gasteiger partial charge in [-0.15, -0.1) is 0 Å². The van der Waals surface area contributed by atoms with Gasteiger partial charge in [-0.2, -0.15) is 0 Å². The minimum Gasteiger partial charge on any atom is -0.319 e. The van der Waals surface area contributed by atoms with Gasteiger partial charge in [0, 0.05) is 24.9 Å². The number of nitrogens with zero attached hydrogens (tertiary/aromatic N) is 3. The molecule has 0 radical (unpaired) electrons. The highest BCUT2D eigenvalue weighted by Crippen LogP contribution is 2.33. The second-order valence-corrected chi connectivity index (χ2v) is 7.62. The average molecular weight is 451 g/mol. The van der Waals surface area contributed by atoms with E-state index in [9.17, 15) is 24.5 Å². The lowest BCUT2D eigenvalue weighted by atomic mass is 9.92. The van der Waals surface area contributed by atoms with E-state index in [0.717, 1.165) is 4.90 Å². The summed E-state index contributed by atoms with van der Waals surface area (Å²) in [7, 11) is 1.44. The molecule has 1 fully saturated rings. The number of anilines is 1. The summed E-state index contributed by atoms with van der Waals surface area (Å²) in [5.74, 6) is -1.16. The summed E-state index contributed by atoms with van der Waals surface area (Å²) in [5, 5.41) is 13.9. The van der Waals surface area contributed by atoms with E-state index in [2.05, 4.69) is 5.32 Å². The van der Waals surface area contributed by atoms with Gasteiger partial charge < -0.3 is 10.2 Å². The molecule has 9 nitrogen and oxygen atoms in total. The molecule has 0 bridgehead atoms. The maximum absolute atomic E-state index is 13.0. The van der Waals surface area contributed by atoms with Gasteiger partial charge in [0.2, 0.25) is 5.91 Å². The molecule has 156 valence electrons. The first-order chi connectivity index (χ1) is 14.0. The number of imide groups is 1. The second kappa shape index (κ2) is 7.92. The summed E-state index contributed by atoms with van der Waals surface area (Å²) in [6, 6.07) is 9.17. The molecule has 4 amide bonds. The SMILES string of the molecule is CN(C(=O)CN1C(=O)NC(C)(c2ccc(Cl)c(Cl)c2)C1=O)c1ccc([N+](=O)[O-])cc1. The molecule has 1 atom stereocenters. The predicted octanol–water partition coefficient (Wildman–Crippen LogP) is 3.33. The van der Waals surface area contributed by atoms with E-state index < -0.39 is 34.9 Å². The maximum atomic E-state index is 13.0. The van der Waals surface area contributed by atoms with Crippen LogP contribution in [0.1, 0.15) is 12.5 Å². The summed E-state index contributed by atoms with van der Waals surface area (Å²) in [5.41, 5.74) is -0.720. The molecule has 1 aliphatic heterocycles. The molecule has 1 heterocycles. The van der Waals surface area contributed by atoms with Crippen LogP contribution >= 0.6 is 23.2 Å². The van der Waals surface area contributed by atoms with E-state index in [1.807, 2.05) is 0 Å². The first-order valence-electron chi connectivity index (χ1n) is 8.65. The smallest absolute Gasteiger partial charge is 0.319 e. The fourth-order valence-electron chi connectivity index (χ4n) is 3.03. The minimum atomic E-state index is -1.41. The van der Waals surface area contributed by atoms with Crippen LogP contribution in [-0.2, 0) is 15.1 Å². The molecule has 0 spiro atoms. The third-order valence-electron chi connectivity index (χ3n) is 4.89. The van der Waals surface area contributed by atoms with Crippen molar-refractivity contribution in [1.29, 1.82) is 0 Å². The number of non-ortho nitro benzene ring substituents is 1. The molecule has 3 rings (SSSR count). The molecule has 30 heavy (non-hydrogen) atoms. The molecule has 11 heteroatoms. The number of urea groups is 1. The monoisotopic (exact) mass is 450 g/mol. The quantitative estimate of drug-likeness (QED) is 0.426. The molecule has 0 aliphatic carbocycles. The van der Waals surface area contributed by atoms with E-state index >= 15 is 0 Å². The molecule has 2 aromatic carbocycles. The third kappa shape index (κ3) is 3.81. The van der Waals surface area contributed by atoms with Crippen LogP contribution in [0.4, 0.5) is 16.2 Å². The lowest BCUT2D eigenvalue weighted by Crippen LogP contribution is -2.43. The Labute approximate surface area is 181 Å². The van der Waals surface area contributed by atoms with E-state index in [4.69, 9.17) is 23.2 Å². The van der Waals surface area contributed by atoms with E-state index in [-0.39, 0.29) is 10.7 Å². The van der Waals surface area contributed by atoms with Crippen molar-refractivity contribution in [2.75, 3.05) is 18.5 Å². The van der Waals surface area contributed by atoms with Gasteiger partial charge in [-0.05, 0) is 36.8 Å². The van der Waals surface area contributed by atoms with Crippen LogP contribution in [0.2, 0.25) is 10.0 Å². The Kier molecular flexibility index (Phi) is 5.69. The van der Waals surface area contributed by atoms with E-state index in [1.165, 1.54) is 55.3 Å². The number of hydrogen-bond acceptors (Lipinski definition) is 5. The van der Waals surface area contributed by atoms with Gasteiger partial charge in [0.05, 0.1) is 15.0 Å². The molecular formula is C19H16Cl2N4O5. The molecule has 1 aliphatic rings. The first kappa shape index (κ1) is 21.5. The highest BCUT2D eigenvalue weighted by molar-refractivity contribution is 6.42. The summed E-state index contributed by atoms with van der Waals surface area (Å²) < 4.78 is 0. The van der Waals surface area contributed by atoms with Crippen LogP contribution in [0.15, 0.2) is 42.5 Å². The summed E-state index contributed by atoms with van der Waals surface area (Å²) in [4.78, 5) is 50.3. The van der Waals surface area contributed by atoms with Crippen LogP contribution < -0.4 is 10.2 Å². The topological polar surface area (TPSA) is 113 Å².